The van der Waals surface area contributed by atoms with Crippen LogP contribution in [0.15, 0.2) is 0 Å². The molecule has 0 spiro atoms. The number of hydrogen-bond acceptors (Lipinski definition) is 2. The molecule has 0 saturated carbocycles. The second-order valence-corrected chi connectivity index (χ2v) is 10.4. The van der Waals surface area contributed by atoms with Gasteiger partial charge in [0.05, 0.1) is 0 Å². The average molecular weight is 474 g/mol. The molecular weight excluding hydrogens is 428 g/mol. The summed E-state index contributed by atoms with van der Waals surface area (Å²) in [6.45, 7) is 6.83. The molecule has 0 radical (unpaired) electrons. The lowest BCUT2D eigenvalue weighted by molar-refractivity contribution is 0.510. The van der Waals surface area contributed by atoms with Crippen molar-refractivity contribution in [1.82, 2.24) is 12.3 Å². The van der Waals surface area contributed by atoms with Gasteiger partial charge in [0, 0.05) is 9.15 Å². The Hall–Kier alpha value is 0.880. The summed E-state index contributed by atoms with van der Waals surface area (Å²) in [6, 6.07) is 0. The van der Waals surface area contributed by atoms with E-state index in [0.29, 0.717) is 4.83 Å². The summed E-state index contributed by atoms with van der Waals surface area (Å²) >= 11 is 7.53. The topological polar surface area (TPSA) is 70.0 Å². The van der Waals surface area contributed by atoms with E-state index in [-0.39, 0.29) is 16.6 Å². The number of halogens is 2. The number of unbranched alkanes of at least 4 members (excludes halogenated alkanes) is 13. The van der Waals surface area contributed by atoms with E-state index in [4.69, 9.17) is 0 Å². The maximum atomic E-state index is 3.84. The highest BCUT2D eigenvalue weighted by Crippen LogP contribution is 2.32. The van der Waals surface area contributed by atoms with Crippen LogP contribution in [-0.4, -0.2) is 9.15 Å². The van der Waals surface area contributed by atoms with Crippen molar-refractivity contribution >= 4 is 31.9 Å². The first-order valence-electron chi connectivity index (χ1n) is 9.83. The Balaban J connectivity index is -0.00000220. The molecule has 0 aliphatic heterocycles. The quantitative estimate of drug-likeness (QED) is 0.173. The van der Waals surface area contributed by atoms with E-state index in [0.717, 1.165) is 0 Å². The van der Waals surface area contributed by atoms with Crippen molar-refractivity contribution in [2.24, 2.45) is 0 Å². The first-order valence-corrected chi connectivity index (χ1v) is 11.5. The van der Waals surface area contributed by atoms with Crippen LogP contribution in [0.1, 0.15) is 117 Å². The first-order chi connectivity index (χ1) is 10.5. The maximum absolute atomic E-state index is 3.84. The Morgan fingerprint density at radius 1 is 0.667 bits per heavy atom. The predicted octanol–water partition coefficient (Wildman–Crippen LogP) is 9.12. The molecule has 0 rings (SSSR count). The molecule has 0 aliphatic carbocycles. The monoisotopic (exact) mass is 472 g/mol. The van der Waals surface area contributed by atoms with Gasteiger partial charge in [0.25, 0.3) is 0 Å². The largest absolute Gasteiger partial charge is 0.344 e. The lowest BCUT2D eigenvalue weighted by Gasteiger charge is -2.25. The van der Waals surface area contributed by atoms with Gasteiger partial charge in [-0.2, -0.15) is 0 Å². The molecule has 0 saturated heterocycles. The van der Waals surface area contributed by atoms with Gasteiger partial charge >= 0.3 is 0 Å². The Bertz CT molecular complexity index is 234. The smallest absolute Gasteiger partial charge is 0.0352 e. The van der Waals surface area contributed by atoms with Gasteiger partial charge in [0.15, 0.2) is 0 Å². The number of rotatable bonds is 16. The fourth-order valence-electron chi connectivity index (χ4n) is 2.86. The van der Waals surface area contributed by atoms with Crippen molar-refractivity contribution in [2.45, 2.75) is 126 Å². The summed E-state index contributed by atoms with van der Waals surface area (Å²) in [4.78, 5) is 0.543. The molecular formula is C20H46Br2N2. The Kier molecular flexibility index (Phi) is 24.9. The molecule has 0 aromatic carbocycles. The Morgan fingerprint density at radius 2 is 0.958 bits per heavy atom. The first kappa shape index (κ1) is 29.6. The third-order valence-electron chi connectivity index (χ3n) is 4.85. The Morgan fingerprint density at radius 3 is 1.25 bits per heavy atom. The summed E-state index contributed by atoms with van der Waals surface area (Å²) in [5.74, 6) is 0. The molecule has 2 unspecified atom stereocenters. The van der Waals surface area contributed by atoms with Gasteiger partial charge in [-0.1, -0.05) is 136 Å². The van der Waals surface area contributed by atoms with Gasteiger partial charge < -0.3 is 12.3 Å². The zero-order valence-electron chi connectivity index (χ0n) is 16.9. The molecule has 24 heavy (non-hydrogen) atoms. The lowest BCUT2D eigenvalue weighted by atomic mass is 9.99. The normalized spacial score (nSPS) is 14.4. The van der Waals surface area contributed by atoms with Crippen LogP contribution in [-0.2, 0) is 0 Å². The van der Waals surface area contributed by atoms with Crippen molar-refractivity contribution in [2.75, 3.05) is 0 Å². The van der Waals surface area contributed by atoms with Crippen LogP contribution in [0.2, 0.25) is 0 Å². The van der Waals surface area contributed by atoms with E-state index >= 15 is 0 Å². The molecule has 0 aromatic rings. The maximum Gasteiger partial charge on any atom is 0.0352 e. The van der Waals surface area contributed by atoms with E-state index in [1.54, 1.807) is 0 Å². The Labute approximate surface area is 170 Å². The summed E-state index contributed by atoms with van der Waals surface area (Å²) < 4.78 is 0.268. The second-order valence-electron chi connectivity index (χ2n) is 7.24. The van der Waals surface area contributed by atoms with Gasteiger partial charge in [-0.25, -0.2) is 0 Å². The second kappa shape index (κ2) is 20.2. The van der Waals surface area contributed by atoms with Crippen LogP contribution in [0.5, 0.6) is 0 Å². The van der Waals surface area contributed by atoms with E-state index in [9.17, 15) is 0 Å². The molecule has 6 N–H and O–H groups in total. The standard InChI is InChI=1S/C20H40Br2.2H3N/c1-4-5-6-7-8-9-10-11-12-13-14-15-16-17-18-20(3,22)19(2)21;;/h19H,4-18H2,1-3H3;2*1H3. The molecule has 4 heteroatoms. The molecule has 0 aliphatic rings. The van der Waals surface area contributed by atoms with Crippen molar-refractivity contribution < 1.29 is 0 Å². The van der Waals surface area contributed by atoms with Gasteiger partial charge in [0.2, 0.25) is 0 Å². The SMILES string of the molecule is CCCCCCCCCCCCCCCCC(C)(Br)C(C)Br.N.N. The van der Waals surface area contributed by atoms with Crippen LogP contribution < -0.4 is 12.3 Å². The molecule has 0 amide bonds. The van der Waals surface area contributed by atoms with Crippen molar-refractivity contribution in [3.05, 3.63) is 0 Å². The fourth-order valence-corrected chi connectivity index (χ4v) is 3.37. The van der Waals surface area contributed by atoms with E-state index < -0.39 is 0 Å². The zero-order valence-corrected chi connectivity index (χ0v) is 20.0. The van der Waals surface area contributed by atoms with Gasteiger partial charge in [0.1, 0.15) is 0 Å². The minimum atomic E-state index is 0. The third kappa shape index (κ3) is 19.2. The minimum absolute atomic E-state index is 0. The van der Waals surface area contributed by atoms with Crippen LogP contribution in [0, 0.1) is 0 Å². The van der Waals surface area contributed by atoms with Gasteiger partial charge in [-0.05, 0) is 13.3 Å². The zero-order chi connectivity index (χ0) is 16.7. The molecule has 0 bridgehead atoms. The van der Waals surface area contributed by atoms with E-state index in [2.05, 4.69) is 52.6 Å². The molecule has 0 fully saturated rings. The van der Waals surface area contributed by atoms with E-state index in [1.807, 2.05) is 0 Å². The van der Waals surface area contributed by atoms with E-state index in [1.165, 1.54) is 96.3 Å². The summed E-state index contributed by atoms with van der Waals surface area (Å²) in [6.07, 6.45) is 21.4. The van der Waals surface area contributed by atoms with Gasteiger partial charge in [-0.3, -0.25) is 0 Å². The highest BCUT2D eigenvalue weighted by molar-refractivity contribution is 9.12. The molecule has 2 atom stereocenters. The number of alkyl halides is 2. The minimum Gasteiger partial charge on any atom is -0.344 e. The summed E-state index contributed by atoms with van der Waals surface area (Å²) in [5.41, 5.74) is 0. The van der Waals surface area contributed by atoms with Crippen LogP contribution >= 0.6 is 31.9 Å². The molecule has 2 nitrogen and oxygen atoms in total. The van der Waals surface area contributed by atoms with Crippen molar-refractivity contribution in [3.8, 4) is 0 Å². The summed E-state index contributed by atoms with van der Waals surface area (Å²) in [5, 5.41) is 0. The highest BCUT2D eigenvalue weighted by atomic mass is 79.9. The van der Waals surface area contributed by atoms with Crippen LogP contribution in [0.3, 0.4) is 0 Å². The lowest BCUT2D eigenvalue weighted by Crippen LogP contribution is -2.25. The molecule has 0 aromatic heterocycles. The van der Waals surface area contributed by atoms with Crippen LogP contribution in [0.4, 0.5) is 0 Å². The van der Waals surface area contributed by atoms with Crippen LogP contribution in [0.25, 0.3) is 0 Å². The van der Waals surface area contributed by atoms with Gasteiger partial charge in [-0.15, -0.1) is 0 Å². The molecule has 0 heterocycles. The predicted molar refractivity (Wildman–Crippen MR) is 121 cm³/mol. The summed E-state index contributed by atoms with van der Waals surface area (Å²) in [7, 11) is 0. The van der Waals surface area contributed by atoms with Crippen molar-refractivity contribution in [1.29, 1.82) is 0 Å². The molecule has 150 valence electrons. The highest BCUT2D eigenvalue weighted by Gasteiger charge is 2.24. The third-order valence-corrected chi connectivity index (χ3v) is 7.56. The fraction of sp³-hybridized carbons (Fsp3) is 1.00. The average Bonchev–Trinajstić information content (AvgIpc) is 2.47. The number of hydrogen-bond donors (Lipinski definition) is 2. The van der Waals surface area contributed by atoms with Crippen molar-refractivity contribution in [3.63, 3.8) is 0 Å².